The molecule has 0 spiro atoms. The highest BCUT2D eigenvalue weighted by atomic mass is 16.1. The lowest BCUT2D eigenvalue weighted by atomic mass is 9.99. The molecule has 8 nitrogen and oxygen atoms in total. The monoisotopic (exact) mass is 445 g/mol. The third-order valence-corrected chi connectivity index (χ3v) is 7.25. The van der Waals surface area contributed by atoms with Crippen molar-refractivity contribution in [3.63, 3.8) is 0 Å². The Hall–Kier alpha value is -3.26. The summed E-state index contributed by atoms with van der Waals surface area (Å²) in [5, 5.41) is 7.29. The molecule has 5 rings (SSSR count). The first-order chi connectivity index (χ1) is 15.7. The van der Waals surface area contributed by atoms with Gasteiger partial charge >= 0.3 is 0 Å². The Bertz CT molecular complexity index is 1410. The van der Waals surface area contributed by atoms with Gasteiger partial charge in [-0.05, 0) is 52.3 Å². The van der Waals surface area contributed by atoms with E-state index < -0.39 is 0 Å². The van der Waals surface area contributed by atoms with Crippen LogP contribution in [0.4, 0.5) is 5.69 Å². The van der Waals surface area contributed by atoms with Gasteiger partial charge in [-0.25, -0.2) is 9.97 Å². The van der Waals surface area contributed by atoms with Gasteiger partial charge in [0, 0.05) is 44.3 Å². The number of nitrogens with one attached hydrogen (secondary N) is 1. The summed E-state index contributed by atoms with van der Waals surface area (Å²) >= 11 is 0. The van der Waals surface area contributed by atoms with Crippen molar-refractivity contribution >= 4 is 27.8 Å². The number of piperazine rings is 1. The maximum atomic E-state index is 12.6. The number of aromatic amines is 1. The van der Waals surface area contributed by atoms with E-state index >= 15 is 0 Å². The molecule has 172 valence electrons. The lowest BCUT2D eigenvalue weighted by molar-refractivity contribution is 0.119. The molecule has 4 heterocycles. The molecule has 3 atom stereocenters. The van der Waals surface area contributed by atoms with Gasteiger partial charge in [0.15, 0.2) is 0 Å². The highest BCUT2D eigenvalue weighted by molar-refractivity contribution is 5.88. The van der Waals surface area contributed by atoms with Crippen LogP contribution in [0.2, 0.25) is 0 Å². The largest absolute Gasteiger partial charge is 0.364 e. The zero-order valence-electron chi connectivity index (χ0n) is 20.1. The molecule has 0 bridgehead atoms. The average molecular weight is 446 g/mol. The minimum atomic E-state index is -0.0163. The highest BCUT2D eigenvalue weighted by Crippen LogP contribution is 2.32. The van der Waals surface area contributed by atoms with Crippen LogP contribution in [0, 0.1) is 13.8 Å². The Kier molecular flexibility index (Phi) is 5.20. The van der Waals surface area contributed by atoms with Crippen molar-refractivity contribution in [1.29, 1.82) is 0 Å². The molecule has 0 radical (unpaired) electrons. The number of rotatable bonds is 3. The van der Waals surface area contributed by atoms with E-state index in [9.17, 15) is 4.79 Å². The lowest BCUT2D eigenvalue weighted by Gasteiger charge is -2.47. The fourth-order valence-electron chi connectivity index (χ4n) is 5.08. The number of pyridine rings is 1. The Labute approximate surface area is 193 Å². The first-order valence-corrected chi connectivity index (χ1v) is 11.5. The molecule has 3 aromatic heterocycles. The van der Waals surface area contributed by atoms with Crippen LogP contribution in [0.15, 0.2) is 35.3 Å². The number of aryl methyl sites for hydroxylation is 3. The third kappa shape index (κ3) is 3.58. The van der Waals surface area contributed by atoms with Gasteiger partial charge in [0.1, 0.15) is 5.52 Å². The van der Waals surface area contributed by atoms with Gasteiger partial charge in [0.05, 0.1) is 39.8 Å². The van der Waals surface area contributed by atoms with Crippen molar-refractivity contribution in [3.05, 3.63) is 57.8 Å². The third-order valence-electron chi connectivity index (χ3n) is 7.25. The van der Waals surface area contributed by atoms with Crippen LogP contribution in [0.5, 0.6) is 0 Å². The molecule has 1 aliphatic rings. The number of fused-ring (bicyclic) bond motifs is 2. The number of hydrogen-bond donors (Lipinski definition) is 1. The van der Waals surface area contributed by atoms with E-state index in [1.807, 2.05) is 13.8 Å². The topological polar surface area (TPSA) is 82.9 Å². The van der Waals surface area contributed by atoms with Crippen LogP contribution < -0.4 is 10.5 Å². The van der Waals surface area contributed by atoms with Gasteiger partial charge in [-0.15, -0.1) is 0 Å². The highest BCUT2D eigenvalue weighted by Gasteiger charge is 2.33. The van der Waals surface area contributed by atoms with E-state index in [0.29, 0.717) is 6.04 Å². The summed E-state index contributed by atoms with van der Waals surface area (Å²) in [6, 6.07) is 8.96. The van der Waals surface area contributed by atoms with Crippen LogP contribution in [-0.4, -0.2) is 54.8 Å². The minimum absolute atomic E-state index is 0.0163. The molecule has 0 amide bonds. The first-order valence-electron chi connectivity index (χ1n) is 11.5. The van der Waals surface area contributed by atoms with E-state index in [4.69, 9.17) is 4.98 Å². The Morgan fingerprint density at radius 2 is 1.76 bits per heavy atom. The molecule has 4 aromatic rings. The summed E-state index contributed by atoms with van der Waals surface area (Å²) in [5.41, 5.74) is 7.75. The van der Waals surface area contributed by atoms with Crippen molar-refractivity contribution in [3.8, 4) is 0 Å². The predicted octanol–water partition coefficient (Wildman–Crippen LogP) is 3.48. The van der Waals surface area contributed by atoms with Crippen LogP contribution in [0.3, 0.4) is 0 Å². The number of nitrogens with zero attached hydrogens (tertiary/aromatic N) is 6. The molecule has 1 N–H and O–H groups in total. The number of anilines is 1. The predicted molar refractivity (Wildman–Crippen MR) is 132 cm³/mol. The van der Waals surface area contributed by atoms with Crippen molar-refractivity contribution in [2.24, 2.45) is 7.05 Å². The molecule has 0 saturated carbocycles. The number of benzene rings is 1. The summed E-state index contributed by atoms with van der Waals surface area (Å²) in [6.07, 6.45) is 1.72. The normalized spacial score (nSPS) is 20.6. The van der Waals surface area contributed by atoms with Crippen LogP contribution in [0.1, 0.15) is 43.8 Å². The minimum Gasteiger partial charge on any atom is -0.364 e. The molecule has 1 fully saturated rings. The average Bonchev–Trinajstić information content (AvgIpc) is 3.28. The second kappa shape index (κ2) is 7.95. The number of H-pyrrole nitrogens is 1. The van der Waals surface area contributed by atoms with Gasteiger partial charge in [-0.3, -0.25) is 14.8 Å². The maximum Gasteiger partial charge on any atom is 0.252 e. The molecule has 1 unspecified atom stereocenters. The van der Waals surface area contributed by atoms with Crippen LogP contribution >= 0.6 is 0 Å². The molecule has 1 aromatic carbocycles. The molecule has 0 aliphatic carbocycles. The van der Waals surface area contributed by atoms with Gasteiger partial charge in [0.25, 0.3) is 5.56 Å². The second-order valence-electron chi connectivity index (χ2n) is 9.42. The van der Waals surface area contributed by atoms with Gasteiger partial charge in [-0.2, -0.15) is 5.10 Å². The van der Waals surface area contributed by atoms with Crippen molar-refractivity contribution in [1.82, 2.24) is 29.6 Å². The van der Waals surface area contributed by atoms with Gasteiger partial charge in [0.2, 0.25) is 0 Å². The Morgan fingerprint density at radius 1 is 1.03 bits per heavy atom. The first kappa shape index (κ1) is 21.6. The van der Waals surface area contributed by atoms with E-state index in [1.165, 1.54) is 5.56 Å². The number of aromatic nitrogens is 5. The van der Waals surface area contributed by atoms with Crippen LogP contribution in [-0.2, 0) is 7.05 Å². The summed E-state index contributed by atoms with van der Waals surface area (Å²) in [5.74, 6) is 0. The lowest BCUT2D eigenvalue weighted by Crippen LogP contribution is -2.57. The zero-order valence-corrected chi connectivity index (χ0v) is 20.1. The van der Waals surface area contributed by atoms with Gasteiger partial charge in [-0.1, -0.05) is 6.07 Å². The SMILES string of the molecule is Cc1nc2ccc(C(C)N3C[C@H](C)N(c4cc(=O)n(C)c5cn[nH]c45)C[C@H]3C)cc2nc1C. The Morgan fingerprint density at radius 3 is 2.52 bits per heavy atom. The van der Waals surface area contributed by atoms with E-state index in [-0.39, 0.29) is 17.6 Å². The van der Waals surface area contributed by atoms with E-state index in [1.54, 1.807) is 23.9 Å². The summed E-state index contributed by atoms with van der Waals surface area (Å²) in [6.45, 7) is 12.5. The summed E-state index contributed by atoms with van der Waals surface area (Å²) < 4.78 is 1.64. The molecule has 1 aliphatic heterocycles. The van der Waals surface area contributed by atoms with E-state index in [2.05, 4.69) is 64.0 Å². The summed E-state index contributed by atoms with van der Waals surface area (Å²) in [4.78, 5) is 26.9. The molecule has 33 heavy (non-hydrogen) atoms. The van der Waals surface area contributed by atoms with Crippen molar-refractivity contribution in [2.75, 3.05) is 18.0 Å². The zero-order chi connectivity index (χ0) is 23.4. The smallest absolute Gasteiger partial charge is 0.252 e. The molecule has 8 heteroatoms. The van der Waals surface area contributed by atoms with E-state index in [0.717, 1.165) is 52.2 Å². The van der Waals surface area contributed by atoms with Crippen LogP contribution in [0.25, 0.3) is 22.1 Å². The molecule has 1 saturated heterocycles. The quantitative estimate of drug-likeness (QED) is 0.520. The fourth-order valence-corrected chi connectivity index (χ4v) is 5.08. The number of hydrogen-bond acceptors (Lipinski definition) is 6. The van der Waals surface area contributed by atoms with Gasteiger partial charge < -0.3 is 9.47 Å². The maximum absolute atomic E-state index is 12.6. The standard InChI is InChI=1S/C25H31N7O/c1-14-13-32(22-10-24(33)30(6)23-11-26-29-25(22)23)15(2)12-31(14)18(5)19-7-8-20-21(9-19)28-17(4)16(3)27-20/h7-11,14-15,18H,12-13H2,1-6H3,(H,26,29)/t14-,15+,18?/m1/s1. The summed E-state index contributed by atoms with van der Waals surface area (Å²) in [7, 11) is 1.78. The fraction of sp³-hybridized carbons (Fsp3) is 0.440. The molecular formula is C25H31N7O. The van der Waals surface area contributed by atoms with Crippen molar-refractivity contribution < 1.29 is 0 Å². The second-order valence-corrected chi connectivity index (χ2v) is 9.42. The molecular weight excluding hydrogens is 414 g/mol. The Balaban J connectivity index is 1.44. The van der Waals surface area contributed by atoms with Crippen molar-refractivity contribution in [2.45, 2.75) is 52.7 Å².